The highest BCUT2D eigenvalue weighted by atomic mass is 16.6. The van der Waals surface area contributed by atoms with Crippen LogP contribution >= 0.6 is 0 Å². The second-order valence-corrected chi connectivity index (χ2v) is 22.2. The molecule has 0 aliphatic carbocycles. The predicted octanol–water partition coefficient (Wildman–Crippen LogP) is 14.2. The number of benzene rings is 7. The van der Waals surface area contributed by atoms with Gasteiger partial charge in [-0.25, -0.2) is 0 Å². The average molecular weight is 953 g/mol. The maximum absolute atomic E-state index is 16.8. The van der Waals surface area contributed by atoms with E-state index in [9.17, 15) is 0 Å². The molecular weight excluding hydrogens is 885 g/mol. The van der Waals surface area contributed by atoms with Crippen molar-refractivity contribution in [3.63, 3.8) is 0 Å². The first-order valence-electron chi connectivity index (χ1n) is 26.9. The van der Waals surface area contributed by atoms with Crippen LogP contribution in [-0.2, 0) is 0 Å². The van der Waals surface area contributed by atoms with Crippen LogP contribution in [0, 0.1) is 52.0 Å². The van der Waals surface area contributed by atoms with Crippen LogP contribution in [-0.4, -0.2) is 50.3 Å². The normalized spacial score (nSPS) is 27.1. The predicted molar refractivity (Wildman–Crippen MR) is 299 cm³/mol. The van der Waals surface area contributed by atoms with Gasteiger partial charge in [0, 0.05) is 82.5 Å². The number of rotatable bonds is 6. The maximum atomic E-state index is 16.8. The van der Waals surface area contributed by atoms with E-state index in [-0.39, 0.29) is 0 Å². The molecule has 0 aromatic heterocycles. The fourth-order valence-electron chi connectivity index (χ4n) is 15.4. The third-order valence-electron chi connectivity index (χ3n) is 18.2. The Morgan fingerprint density at radius 2 is 0.806 bits per heavy atom. The Labute approximate surface area is 425 Å². The second-order valence-electron chi connectivity index (χ2n) is 22.2. The minimum Gasteiger partial charge on any atom is -0.616 e. The van der Waals surface area contributed by atoms with E-state index in [2.05, 4.69) is 136 Å². The molecule has 72 heavy (non-hydrogen) atoms. The molecule has 6 aliphatic rings. The van der Waals surface area contributed by atoms with E-state index < -0.39 is 9.29 Å². The summed E-state index contributed by atoms with van der Waals surface area (Å²) in [7, 11) is 0. The van der Waals surface area contributed by atoms with E-state index >= 15 is 10.4 Å². The van der Waals surface area contributed by atoms with Gasteiger partial charge in [0.1, 0.15) is 11.4 Å². The summed E-state index contributed by atoms with van der Waals surface area (Å²) in [6.07, 6.45) is 7.13. The number of nitrogens with zero attached hydrogens (tertiary/aromatic N) is 2. The van der Waals surface area contributed by atoms with E-state index in [0.29, 0.717) is 58.8 Å². The highest BCUT2D eigenvalue weighted by Gasteiger charge is 2.50. The lowest BCUT2D eigenvalue weighted by molar-refractivity contribution is 0.223. The number of hydrogen-bond acceptors (Lipinski definition) is 6. The Bertz CT molecular complexity index is 3090. The van der Waals surface area contributed by atoms with E-state index in [1.54, 1.807) is 0 Å². The summed E-state index contributed by atoms with van der Waals surface area (Å²) in [6, 6.07) is 45.1. The molecule has 0 radical (unpaired) electrons. The van der Waals surface area contributed by atoms with Gasteiger partial charge in [-0.1, -0.05) is 72.8 Å². The summed E-state index contributed by atoms with van der Waals surface area (Å²) in [6.45, 7) is 17.1. The van der Waals surface area contributed by atoms with Crippen molar-refractivity contribution in [2.45, 2.75) is 116 Å². The molecular formula is C64H68N6O2. The van der Waals surface area contributed by atoms with Crippen molar-refractivity contribution in [2.75, 3.05) is 26.2 Å². The Morgan fingerprint density at radius 1 is 0.403 bits per heavy atom. The van der Waals surface area contributed by atoms with Crippen molar-refractivity contribution in [3.8, 4) is 44.5 Å². The van der Waals surface area contributed by atoms with Crippen LogP contribution in [0.2, 0.25) is 0 Å². The molecule has 4 saturated heterocycles. The fourth-order valence-corrected chi connectivity index (χ4v) is 15.4. The molecule has 8 atom stereocenters. The molecule has 0 bridgehead atoms. The molecule has 366 valence electrons. The zero-order valence-corrected chi connectivity index (χ0v) is 42.8. The Hall–Kier alpha value is -5.78. The Morgan fingerprint density at radius 3 is 1.22 bits per heavy atom. The molecule has 7 aromatic rings. The molecule has 0 saturated carbocycles. The van der Waals surface area contributed by atoms with Crippen molar-refractivity contribution >= 4 is 34.1 Å². The van der Waals surface area contributed by atoms with E-state index in [0.717, 1.165) is 128 Å². The number of hydrogen-bond donors (Lipinski definition) is 4. The lowest BCUT2D eigenvalue weighted by Gasteiger charge is -2.43. The van der Waals surface area contributed by atoms with E-state index in [1.165, 1.54) is 36.8 Å². The van der Waals surface area contributed by atoms with Gasteiger partial charge in [0.15, 0.2) is 22.7 Å². The number of fused-ring (bicyclic) bond motifs is 9. The van der Waals surface area contributed by atoms with Crippen molar-refractivity contribution in [1.29, 1.82) is 0 Å². The van der Waals surface area contributed by atoms with Gasteiger partial charge in [-0.3, -0.25) is 9.29 Å². The summed E-state index contributed by atoms with van der Waals surface area (Å²) in [5, 5.41) is 48.8. The van der Waals surface area contributed by atoms with Crippen LogP contribution in [0.5, 0.6) is 0 Å². The molecule has 8 heteroatoms. The fraction of sp³-hybridized carbons (Fsp3) is 0.344. The molecule has 4 fully saturated rings. The summed E-state index contributed by atoms with van der Waals surface area (Å²) in [5.41, 5.74) is 21.1. The van der Waals surface area contributed by atoms with Crippen molar-refractivity contribution < 1.29 is 0 Å². The number of quaternary nitrogens is 2. The van der Waals surface area contributed by atoms with Crippen molar-refractivity contribution in [1.82, 2.24) is 30.6 Å². The van der Waals surface area contributed by atoms with Gasteiger partial charge in [0.05, 0.1) is 22.3 Å². The molecule has 0 amide bonds. The lowest BCUT2D eigenvalue weighted by atomic mass is 9.78. The second kappa shape index (κ2) is 17.4. The van der Waals surface area contributed by atoms with Crippen molar-refractivity contribution in [2.24, 2.45) is 0 Å². The number of aryl methyl sites for hydroxylation is 4. The Kier molecular flexibility index (Phi) is 11.1. The third kappa shape index (κ3) is 6.73. The largest absolute Gasteiger partial charge is 0.616 e. The van der Waals surface area contributed by atoms with Gasteiger partial charge in [-0.2, -0.15) is 0 Å². The van der Waals surface area contributed by atoms with Crippen LogP contribution in [0.25, 0.3) is 44.5 Å². The zero-order chi connectivity index (χ0) is 49.2. The van der Waals surface area contributed by atoms with Crippen LogP contribution in [0.3, 0.4) is 0 Å². The first kappa shape index (κ1) is 46.0. The molecule has 4 N–H and O–H groups in total. The minimum atomic E-state index is -0.732. The number of nitrogens with one attached hydrogen (secondary N) is 4. The summed E-state index contributed by atoms with van der Waals surface area (Å²) in [4.78, 5) is 0. The first-order chi connectivity index (χ1) is 35.0. The highest BCUT2D eigenvalue weighted by Crippen LogP contribution is 2.68. The highest BCUT2D eigenvalue weighted by molar-refractivity contribution is 6.14. The van der Waals surface area contributed by atoms with Gasteiger partial charge in [-0.05, 0) is 175 Å². The minimum absolute atomic E-state index is 0.448. The summed E-state index contributed by atoms with van der Waals surface area (Å²) in [5.74, 6) is 0.940. The monoisotopic (exact) mass is 953 g/mol. The standard InChI is InChI=1S/C64H68N6O2/c1-37-35-39(3)63(41(5)57(37)45-23-19-43(20-24-45)47-29-33-65-51-15-11-31-67-61(47)51)69(71)53-17-9-7-13-49(53)59-55(69)27-28-56-60(59)50-14-8-10-18-54(50)70(56,72)64-40(4)36-38(2)58(42(64)6)46-25-21-44(22-26-46)48-30-34-66-52-16-12-32-68-62(48)52/h7-10,13-14,17-28,35-36,47-48,51-52,61-62,65-68H,11-12,15-16,29-34H2,1-6H3. The maximum Gasteiger partial charge on any atom is 0.152 e. The number of piperidine rings is 4. The van der Waals surface area contributed by atoms with Crippen LogP contribution < -0.4 is 30.6 Å². The molecule has 0 spiro atoms. The molecule has 6 heterocycles. The quantitative estimate of drug-likeness (QED) is 0.0980. The van der Waals surface area contributed by atoms with E-state index in [4.69, 9.17) is 0 Å². The van der Waals surface area contributed by atoms with Crippen molar-refractivity contribution in [3.05, 3.63) is 176 Å². The van der Waals surface area contributed by atoms with E-state index in [1.807, 2.05) is 48.5 Å². The topological polar surface area (TPSA) is 94.2 Å². The molecule has 13 rings (SSSR count). The smallest absolute Gasteiger partial charge is 0.152 e. The van der Waals surface area contributed by atoms with Gasteiger partial charge < -0.3 is 31.7 Å². The molecule has 7 aromatic carbocycles. The van der Waals surface area contributed by atoms with Crippen LogP contribution in [0.15, 0.2) is 121 Å². The first-order valence-corrected chi connectivity index (χ1v) is 26.9. The lowest BCUT2D eigenvalue weighted by Crippen LogP contribution is -2.58. The third-order valence-corrected chi connectivity index (χ3v) is 18.2. The molecule has 8 nitrogen and oxygen atoms in total. The number of para-hydroxylation sites is 2. The van der Waals surface area contributed by atoms with Gasteiger partial charge in [-0.15, -0.1) is 0 Å². The summed E-state index contributed by atoms with van der Waals surface area (Å²) >= 11 is 0. The average Bonchev–Trinajstić information content (AvgIpc) is 3.81. The van der Waals surface area contributed by atoms with Crippen LogP contribution in [0.1, 0.15) is 94.9 Å². The van der Waals surface area contributed by atoms with Gasteiger partial charge >= 0.3 is 0 Å². The Balaban J connectivity index is 0.925. The van der Waals surface area contributed by atoms with Gasteiger partial charge in [0.25, 0.3) is 0 Å². The molecule has 8 unspecified atom stereocenters. The summed E-state index contributed by atoms with van der Waals surface area (Å²) < 4.78 is -1.46. The SMILES string of the molecule is Cc1cc(C)c([N+]2([O-])c3ccccc3-c3c2ccc2c3-c3ccccc3[N+]2([O-])c2c(C)cc(C)c(-c3ccc(C4CCNC5CCCNC54)cc3)c2C)c(C)c1-c1ccc(C2CCNC3CCCNC32)cc1. The van der Waals surface area contributed by atoms with Gasteiger partial charge in [0.2, 0.25) is 0 Å². The molecule has 6 aliphatic heterocycles. The van der Waals surface area contributed by atoms with Crippen LogP contribution in [0.4, 0.5) is 34.1 Å². The zero-order valence-electron chi connectivity index (χ0n) is 42.8.